The standard InChI is InChI=1S/C16H22BrFO/c1-2-3-4-5-6-7-8-15(19)12-13-11-14(18)9-10-16(13)17/h9-11H,2-8,12H2,1H3. The minimum atomic E-state index is -0.287. The number of carbonyl (C=O) groups is 1. The number of unbranched alkanes of at least 4 members (excludes halogenated alkanes) is 5. The van der Waals surface area contributed by atoms with Crippen LogP contribution in [0.1, 0.15) is 57.4 Å². The van der Waals surface area contributed by atoms with Crippen molar-refractivity contribution in [3.05, 3.63) is 34.1 Å². The molecule has 0 atom stereocenters. The topological polar surface area (TPSA) is 17.1 Å². The molecule has 1 rings (SSSR count). The van der Waals surface area contributed by atoms with E-state index in [0.29, 0.717) is 12.8 Å². The van der Waals surface area contributed by atoms with Crippen LogP contribution in [-0.2, 0) is 11.2 Å². The second-order valence-electron chi connectivity index (χ2n) is 4.97. The van der Waals surface area contributed by atoms with Gasteiger partial charge in [0.2, 0.25) is 0 Å². The quantitative estimate of drug-likeness (QED) is 0.551. The van der Waals surface area contributed by atoms with Gasteiger partial charge < -0.3 is 0 Å². The summed E-state index contributed by atoms with van der Waals surface area (Å²) in [5.41, 5.74) is 0.746. The molecule has 0 N–H and O–H groups in total. The van der Waals surface area contributed by atoms with Crippen molar-refractivity contribution in [3.63, 3.8) is 0 Å². The normalized spacial score (nSPS) is 10.7. The van der Waals surface area contributed by atoms with Gasteiger partial charge in [0.15, 0.2) is 0 Å². The molecule has 0 radical (unpaired) electrons. The number of hydrogen-bond acceptors (Lipinski definition) is 1. The second kappa shape index (κ2) is 9.24. The largest absolute Gasteiger partial charge is 0.299 e. The smallest absolute Gasteiger partial charge is 0.137 e. The predicted molar refractivity (Wildman–Crippen MR) is 80.8 cm³/mol. The summed E-state index contributed by atoms with van der Waals surface area (Å²) in [4.78, 5) is 11.8. The van der Waals surface area contributed by atoms with Crippen molar-refractivity contribution < 1.29 is 9.18 Å². The van der Waals surface area contributed by atoms with E-state index in [4.69, 9.17) is 0 Å². The first kappa shape index (κ1) is 16.4. The van der Waals surface area contributed by atoms with E-state index in [1.165, 1.54) is 37.8 Å². The average Bonchev–Trinajstić information content (AvgIpc) is 2.38. The SMILES string of the molecule is CCCCCCCCC(=O)Cc1cc(F)ccc1Br. The summed E-state index contributed by atoms with van der Waals surface area (Å²) in [5.74, 6) is -0.0904. The highest BCUT2D eigenvalue weighted by Crippen LogP contribution is 2.19. The Labute approximate surface area is 123 Å². The molecule has 1 aromatic carbocycles. The van der Waals surface area contributed by atoms with Crippen molar-refractivity contribution in [3.8, 4) is 0 Å². The first-order valence-electron chi connectivity index (χ1n) is 7.09. The molecule has 0 saturated heterocycles. The molecule has 106 valence electrons. The molecule has 0 aromatic heterocycles. The van der Waals surface area contributed by atoms with Gasteiger partial charge in [-0.25, -0.2) is 4.39 Å². The van der Waals surface area contributed by atoms with E-state index >= 15 is 0 Å². The van der Waals surface area contributed by atoms with Crippen LogP contribution < -0.4 is 0 Å². The summed E-state index contributed by atoms with van der Waals surface area (Å²) in [6.45, 7) is 2.19. The third-order valence-corrected chi connectivity index (χ3v) is 3.98. The van der Waals surface area contributed by atoms with E-state index in [1.54, 1.807) is 6.07 Å². The van der Waals surface area contributed by atoms with Gasteiger partial charge in [0.1, 0.15) is 11.6 Å². The van der Waals surface area contributed by atoms with Crippen molar-refractivity contribution in [2.45, 2.75) is 58.3 Å². The molecule has 0 unspecified atom stereocenters. The number of benzene rings is 1. The Hall–Kier alpha value is -0.700. The molecule has 0 heterocycles. The number of Topliss-reactive ketones (excluding diaryl/α,β-unsaturated/α-hetero) is 1. The first-order valence-corrected chi connectivity index (χ1v) is 7.88. The van der Waals surface area contributed by atoms with Gasteiger partial charge in [-0.1, -0.05) is 55.0 Å². The molecule has 0 aliphatic heterocycles. The maximum Gasteiger partial charge on any atom is 0.137 e. The highest BCUT2D eigenvalue weighted by Gasteiger charge is 2.08. The summed E-state index contributed by atoms with van der Waals surface area (Å²) < 4.78 is 13.9. The second-order valence-corrected chi connectivity index (χ2v) is 5.82. The lowest BCUT2D eigenvalue weighted by atomic mass is 10.0. The van der Waals surface area contributed by atoms with E-state index in [2.05, 4.69) is 22.9 Å². The van der Waals surface area contributed by atoms with Gasteiger partial charge in [-0.2, -0.15) is 0 Å². The molecule has 1 aromatic rings. The zero-order valence-corrected chi connectivity index (χ0v) is 13.1. The molecule has 0 aliphatic carbocycles. The van der Waals surface area contributed by atoms with E-state index in [-0.39, 0.29) is 11.6 Å². The van der Waals surface area contributed by atoms with Gasteiger partial charge in [0.05, 0.1) is 0 Å². The van der Waals surface area contributed by atoms with Crippen molar-refractivity contribution in [1.82, 2.24) is 0 Å². The zero-order valence-electron chi connectivity index (χ0n) is 11.6. The van der Waals surface area contributed by atoms with Crippen LogP contribution in [0.5, 0.6) is 0 Å². The van der Waals surface area contributed by atoms with Crippen molar-refractivity contribution in [2.75, 3.05) is 0 Å². The van der Waals surface area contributed by atoms with Gasteiger partial charge in [-0.05, 0) is 30.2 Å². The minimum Gasteiger partial charge on any atom is -0.299 e. The molecule has 0 bridgehead atoms. The van der Waals surface area contributed by atoms with Crippen LogP contribution in [-0.4, -0.2) is 5.78 Å². The van der Waals surface area contributed by atoms with Crippen LogP contribution in [0, 0.1) is 5.82 Å². The molecule has 1 nitrogen and oxygen atoms in total. The number of ketones is 1. The fraction of sp³-hybridized carbons (Fsp3) is 0.562. The maximum absolute atomic E-state index is 13.1. The van der Waals surface area contributed by atoms with Crippen LogP contribution in [0.3, 0.4) is 0 Å². The summed E-state index contributed by atoms with van der Waals surface area (Å²) in [7, 11) is 0. The Morgan fingerprint density at radius 1 is 1.16 bits per heavy atom. The Kier molecular flexibility index (Phi) is 7.96. The van der Waals surface area contributed by atoms with E-state index < -0.39 is 0 Å². The fourth-order valence-corrected chi connectivity index (χ4v) is 2.47. The molecular weight excluding hydrogens is 307 g/mol. The molecular formula is C16H22BrFO. The van der Waals surface area contributed by atoms with Crippen LogP contribution in [0.25, 0.3) is 0 Å². The van der Waals surface area contributed by atoms with Crippen molar-refractivity contribution >= 4 is 21.7 Å². The van der Waals surface area contributed by atoms with E-state index in [9.17, 15) is 9.18 Å². The lowest BCUT2D eigenvalue weighted by Gasteiger charge is -2.04. The third-order valence-electron chi connectivity index (χ3n) is 3.20. The van der Waals surface area contributed by atoms with Gasteiger partial charge in [-0.15, -0.1) is 0 Å². The maximum atomic E-state index is 13.1. The molecule has 0 saturated carbocycles. The Bertz CT molecular complexity index is 404. The lowest BCUT2D eigenvalue weighted by molar-refractivity contribution is -0.118. The molecule has 0 aliphatic rings. The number of rotatable bonds is 9. The van der Waals surface area contributed by atoms with Crippen LogP contribution in [0.4, 0.5) is 4.39 Å². The van der Waals surface area contributed by atoms with E-state index in [1.807, 2.05) is 0 Å². The number of hydrogen-bond donors (Lipinski definition) is 0. The molecule has 0 amide bonds. The van der Waals surface area contributed by atoms with Gasteiger partial charge in [0.25, 0.3) is 0 Å². The van der Waals surface area contributed by atoms with Crippen LogP contribution >= 0.6 is 15.9 Å². The predicted octanol–water partition coefficient (Wildman–Crippen LogP) is 5.45. The average molecular weight is 329 g/mol. The lowest BCUT2D eigenvalue weighted by Crippen LogP contribution is -2.03. The zero-order chi connectivity index (χ0) is 14.1. The summed E-state index contributed by atoms with van der Waals surface area (Å²) in [6.07, 6.45) is 8.01. The third kappa shape index (κ3) is 6.86. The Morgan fingerprint density at radius 2 is 1.84 bits per heavy atom. The van der Waals surface area contributed by atoms with Crippen molar-refractivity contribution in [2.24, 2.45) is 0 Å². The highest BCUT2D eigenvalue weighted by atomic mass is 79.9. The van der Waals surface area contributed by atoms with E-state index in [0.717, 1.165) is 22.9 Å². The van der Waals surface area contributed by atoms with Crippen LogP contribution in [0.2, 0.25) is 0 Å². The summed E-state index contributed by atoms with van der Waals surface area (Å²) in [5, 5.41) is 0. The first-order chi connectivity index (χ1) is 9.13. The van der Waals surface area contributed by atoms with Crippen molar-refractivity contribution in [1.29, 1.82) is 0 Å². The number of halogens is 2. The van der Waals surface area contributed by atoms with Gasteiger partial charge in [0, 0.05) is 17.3 Å². The Balaban J connectivity index is 2.25. The number of carbonyl (C=O) groups excluding carboxylic acids is 1. The minimum absolute atomic E-state index is 0.196. The van der Waals surface area contributed by atoms with Crippen LogP contribution in [0.15, 0.2) is 22.7 Å². The molecule has 0 fully saturated rings. The highest BCUT2D eigenvalue weighted by molar-refractivity contribution is 9.10. The summed E-state index contributed by atoms with van der Waals surface area (Å²) in [6, 6.07) is 4.48. The Morgan fingerprint density at radius 3 is 2.58 bits per heavy atom. The van der Waals surface area contributed by atoms with Gasteiger partial charge >= 0.3 is 0 Å². The summed E-state index contributed by atoms with van der Waals surface area (Å²) >= 11 is 3.35. The molecule has 0 spiro atoms. The molecule has 3 heteroatoms. The fourth-order valence-electron chi connectivity index (χ4n) is 2.08. The molecule has 19 heavy (non-hydrogen) atoms. The van der Waals surface area contributed by atoms with Gasteiger partial charge in [-0.3, -0.25) is 4.79 Å². The monoisotopic (exact) mass is 328 g/mol.